The molecular weight excluding hydrogens is 410 g/mol. The second kappa shape index (κ2) is 7.88. The van der Waals surface area contributed by atoms with E-state index in [4.69, 9.17) is 0 Å². The smallest absolute Gasteiger partial charge is 0.180 e. The van der Waals surface area contributed by atoms with E-state index in [0.717, 1.165) is 28.5 Å². The third-order valence-corrected chi connectivity index (χ3v) is 5.35. The minimum atomic E-state index is -0.439. The van der Waals surface area contributed by atoms with Crippen LogP contribution in [0.1, 0.15) is 18.2 Å². The van der Waals surface area contributed by atoms with Crippen molar-refractivity contribution < 1.29 is 8.78 Å². The fourth-order valence-electron chi connectivity index (χ4n) is 3.83. The van der Waals surface area contributed by atoms with Crippen LogP contribution in [0.5, 0.6) is 0 Å². The molecule has 0 radical (unpaired) electrons. The monoisotopic (exact) mass is 430 g/mol. The predicted molar refractivity (Wildman–Crippen MR) is 121 cm³/mol. The van der Waals surface area contributed by atoms with Crippen LogP contribution in [0, 0.1) is 11.6 Å². The minimum Gasteiger partial charge on any atom is -0.367 e. The summed E-state index contributed by atoms with van der Waals surface area (Å²) in [6.07, 6.45) is 8.64. The summed E-state index contributed by atoms with van der Waals surface area (Å²) in [5.41, 5.74) is 5.03. The Labute approximate surface area is 182 Å². The normalized spacial score (nSPS) is 11.3. The maximum atomic E-state index is 14.3. The highest BCUT2D eigenvalue weighted by atomic mass is 19.1. The Hall–Kier alpha value is -4.07. The molecule has 0 aliphatic carbocycles. The van der Waals surface area contributed by atoms with Crippen LogP contribution in [0.25, 0.3) is 33.4 Å². The van der Waals surface area contributed by atoms with Crippen LogP contribution in [0.4, 0.5) is 14.6 Å². The molecule has 2 N–H and O–H groups in total. The molecule has 5 aromatic rings. The van der Waals surface area contributed by atoms with Gasteiger partial charge in [0, 0.05) is 41.6 Å². The van der Waals surface area contributed by atoms with E-state index in [0.29, 0.717) is 41.1 Å². The molecule has 0 fully saturated rings. The van der Waals surface area contributed by atoms with Crippen LogP contribution in [0.15, 0.2) is 61.8 Å². The topological polar surface area (TPSA) is 70.9 Å². The molecule has 0 bridgehead atoms. The number of nitrogens with one attached hydrogen (secondary N) is 2. The number of hydrogen-bond acceptors (Lipinski definition) is 4. The van der Waals surface area contributed by atoms with Crippen LogP contribution in [0.3, 0.4) is 0 Å². The number of hydrogen-bond donors (Lipinski definition) is 2. The van der Waals surface area contributed by atoms with Gasteiger partial charge in [0.05, 0.1) is 23.8 Å². The Balaban J connectivity index is 1.50. The minimum absolute atomic E-state index is 0.251. The van der Waals surface area contributed by atoms with Crippen LogP contribution in [-0.4, -0.2) is 30.9 Å². The van der Waals surface area contributed by atoms with Gasteiger partial charge in [0.2, 0.25) is 0 Å². The van der Waals surface area contributed by atoms with Gasteiger partial charge < -0.3 is 10.3 Å². The number of fused-ring (bicyclic) bond motifs is 2. The summed E-state index contributed by atoms with van der Waals surface area (Å²) >= 11 is 0. The molecule has 6 nitrogen and oxygen atoms in total. The standard InChI is InChI=1S/C24H20F2N6/c1-14(2)21-12-30-24-23(31-20(13-32(21)24)16-8-17(25)11-27-9-16)28-7-6-15-10-29-19-5-3-4-18(26)22(15)19/h3-5,8-13,29H,1,6-7H2,2H3,(H,28,31). The highest BCUT2D eigenvalue weighted by Crippen LogP contribution is 2.26. The first-order valence-corrected chi connectivity index (χ1v) is 10.1. The fourth-order valence-corrected chi connectivity index (χ4v) is 3.83. The largest absolute Gasteiger partial charge is 0.367 e. The number of rotatable bonds is 6. The van der Waals surface area contributed by atoms with E-state index >= 15 is 0 Å². The summed E-state index contributed by atoms with van der Waals surface area (Å²) in [7, 11) is 0. The fraction of sp³-hybridized carbons (Fsp3) is 0.125. The number of imidazole rings is 1. The number of aromatic amines is 1. The predicted octanol–water partition coefficient (Wildman–Crippen LogP) is 5.24. The van der Waals surface area contributed by atoms with E-state index in [9.17, 15) is 8.78 Å². The van der Waals surface area contributed by atoms with Gasteiger partial charge in [-0.05, 0) is 42.7 Å². The van der Waals surface area contributed by atoms with Crippen molar-refractivity contribution in [2.45, 2.75) is 13.3 Å². The van der Waals surface area contributed by atoms with Crippen molar-refractivity contribution in [1.82, 2.24) is 24.3 Å². The number of anilines is 1. The van der Waals surface area contributed by atoms with Gasteiger partial charge in [0.15, 0.2) is 11.5 Å². The van der Waals surface area contributed by atoms with E-state index in [1.54, 1.807) is 24.7 Å². The molecule has 0 aliphatic rings. The zero-order valence-corrected chi connectivity index (χ0v) is 17.4. The second-order valence-electron chi connectivity index (χ2n) is 7.64. The van der Waals surface area contributed by atoms with Gasteiger partial charge in [-0.1, -0.05) is 12.6 Å². The second-order valence-corrected chi connectivity index (χ2v) is 7.64. The zero-order chi connectivity index (χ0) is 22.2. The van der Waals surface area contributed by atoms with Crippen molar-refractivity contribution in [3.05, 3.63) is 84.7 Å². The average Bonchev–Trinajstić information content (AvgIpc) is 3.39. The lowest BCUT2D eigenvalue weighted by molar-refractivity contribution is 0.622. The first-order valence-electron chi connectivity index (χ1n) is 10.1. The van der Waals surface area contributed by atoms with Crippen molar-refractivity contribution >= 4 is 27.9 Å². The molecule has 0 atom stereocenters. The highest BCUT2D eigenvalue weighted by Gasteiger charge is 2.14. The number of pyridine rings is 1. The first-order chi connectivity index (χ1) is 15.5. The van der Waals surface area contributed by atoms with Gasteiger partial charge in [-0.25, -0.2) is 18.7 Å². The maximum Gasteiger partial charge on any atom is 0.180 e. The number of H-pyrrole nitrogens is 1. The Morgan fingerprint density at radius 1 is 1.22 bits per heavy atom. The van der Waals surface area contributed by atoms with E-state index in [2.05, 4.69) is 31.8 Å². The zero-order valence-electron chi connectivity index (χ0n) is 17.4. The number of allylic oxidation sites excluding steroid dienone is 1. The lowest BCUT2D eigenvalue weighted by atomic mass is 10.1. The molecule has 160 valence electrons. The molecule has 5 rings (SSSR count). The molecule has 1 aromatic carbocycles. The van der Waals surface area contributed by atoms with Crippen LogP contribution in [-0.2, 0) is 6.42 Å². The summed E-state index contributed by atoms with van der Waals surface area (Å²) in [5, 5.41) is 3.91. The van der Waals surface area contributed by atoms with Gasteiger partial charge in [0.25, 0.3) is 0 Å². The van der Waals surface area contributed by atoms with E-state index in [1.165, 1.54) is 12.1 Å². The molecule has 4 heterocycles. The molecule has 0 unspecified atom stereocenters. The Bertz CT molecular complexity index is 1470. The van der Waals surface area contributed by atoms with Crippen molar-refractivity contribution in [2.24, 2.45) is 0 Å². The maximum absolute atomic E-state index is 14.3. The summed E-state index contributed by atoms with van der Waals surface area (Å²) in [6.45, 7) is 6.41. The Morgan fingerprint density at radius 3 is 2.91 bits per heavy atom. The first kappa shape index (κ1) is 19.9. The molecule has 0 aliphatic heterocycles. The van der Waals surface area contributed by atoms with E-state index in [1.807, 2.05) is 23.6 Å². The molecule has 0 saturated carbocycles. The summed E-state index contributed by atoms with van der Waals surface area (Å²) < 4.78 is 29.9. The van der Waals surface area contributed by atoms with Gasteiger partial charge >= 0.3 is 0 Å². The number of aromatic nitrogens is 5. The molecule has 4 aromatic heterocycles. The highest BCUT2D eigenvalue weighted by molar-refractivity contribution is 5.84. The summed E-state index contributed by atoms with van der Waals surface area (Å²) in [4.78, 5) is 16.2. The van der Waals surface area contributed by atoms with Gasteiger partial charge in [0.1, 0.15) is 11.6 Å². The quantitative estimate of drug-likeness (QED) is 0.387. The molecule has 0 amide bonds. The molecule has 0 spiro atoms. The third-order valence-electron chi connectivity index (χ3n) is 5.35. The Kier molecular flexibility index (Phi) is 4.89. The number of benzene rings is 1. The number of nitrogens with zero attached hydrogens (tertiary/aromatic N) is 4. The van der Waals surface area contributed by atoms with Crippen LogP contribution >= 0.6 is 0 Å². The summed E-state index contributed by atoms with van der Waals surface area (Å²) in [5.74, 6) is -0.148. The summed E-state index contributed by atoms with van der Waals surface area (Å²) in [6, 6.07) is 6.37. The molecular formula is C24H20F2N6. The van der Waals surface area contributed by atoms with E-state index in [-0.39, 0.29) is 5.82 Å². The van der Waals surface area contributed by atoms with Crippen molar-refractivity contribution in [1.29, 1.82) is 0 Å². The van der Waals surface area contributed by atoms with E-state index < -0.39 is 5.82 Å². The average molecular weight is 430 g/mol. The van der Waals surface area contributed by atoms with Crippen molar-refractivity contribution in [2.75, 3.05) is 11.9 Å². The number of halogens is 2. The van der Waals surface area contributed by atoms with Gasteiger partial charge in [-0.2, -0.15) is 0 Å². The third kappa shape index (κ3) is 3.49. The van der Waals surface area contributed by atoms with Crippen molar-refractivity contribution in [3.63, 3.8) is 0 Å². The molecule has 32 heavy (non-hydrogen) atoms. The van der Waals surface area contributed by atoms with Crippen molar-refractivity contribution in [3.8, 4) is 11.3 Å². The van der Waals surface area contributed by atoms with Gasteiger partial charge in [-0.15, -0.1) is 0 Å². The lowest BCUT2D eigenvalue weighted by Gasteiger charge is -2.11. The molecule has 0 saturated heterocycles. The van der Waals surface area contributed by atoms with Crippen LogP contribution < -0.4 is 5.32 Å². The Morgan fingerprint density at radius 2 is 2.09 bits per heavy atom. The SMILES string of the molecule is C=C(C)c1cnc2c(NCCc3c[nH]c4cccc(F)c34)nc(-c3cncc(F)c3)cn12. The molecule has 8 heteroatoms. The van der Waals surface area contributed by atoms with Gasteiger partial charge in [-0.3, -0.25) is 9.38 Å². The lowest BCUT2D eigenvalue weighted by Crippen LogP contribution is -2.09. The van der Waals surface area contributed by atoms with Crippen LogP contribution in [0.2, 0.25) is 0 Å².